The minimum Gasteiger partial charge on any atom is -0.361 e. The average molecular weight is 1660 g/mol. The van der Waals surface area contributed by atoms with Crippen molar-refractivity contribution in [3.63, 3.8) is 0 Å². The van der Waals surface area contributed by atoms with Crippen molar-refractivity contribution < 1.29 is 14.4 Å². The van der Waals surface area contributed by atoms with Crippen LogP contribution in [0.4, 0.5) is 0 Å². The normalized spacial score (nSPS) is 18.5. The Balaban J connectivity index is 0.000000128. The topological polar surface area (TPSA) is 239 Å². The number of halogens is 4. The fourth-order valence-corrected chi connectivity index (χ4v) is 16.4. The summed E-state index contributed by atoms with van der Waals surface area (Å²) in [6, 6.07) is 36.3. The number of hydrogen-bond acceptors (Lipinski definition) is 9. The van der Waals surface area contributed by atoms with E-state index >= 15 is 0 Å². The zero-order valence-electron chi connectivity index (χ0n) is 52.4. The van der Waals surface area contributed by atoms with Gasteiger partial charge in [0.05, 0.1) is 50.8 Å². The summed E-state index contributed by atoms with van der Waals surface area (Å²) >= 11 is 10.1. The Morgan fingerprint density at radius 2 is 0.787 bits per heavy atom. The predicted octanol–water partition coefficient (Wildman–Crippen LogP) is 14.2. The maximum atomic E-state index is 13.8. The summed E-state index contributed by atoms with van der Waals surface area (Å²) in [6.07, 6.45) is 9.23. The molecule has 0 fully saturated rings. The van der Waals surface area contributed by atoms with E-state index in [0.717, 1.165) is 83.8 Å². The standard InChI is InChI=1S/C24H23BrN4O2.C24H22I2N4O2.C24H23IN4O2/c1-13(2)9-20-22-27-19-8-7-15(25)11-17(19)24(31)29(22)21(23(30)28-20)10-14-12-26-18-6-4-3-5-16(14)18;1-12(2)7-19-22-29-21-16(9-14(25)10-17(21)26)24(32)30(22)20(23(31)28-19)8-13-11-27-18-6-4-3-5-15(13)18;1-13(2)9-20-22-27-19-8-7-15(25)11-17(19)24(31)29(22)21(23(30)28-20)10-14-12-26-18-6-4-3-5-16(14)18/h3-8,11-13,20-21,26H,9-10H2,1-2H3,(H,28,30);3-6,9-12,19-20,27H,7-8H2,1-2H3,(H,28,31);3-8,11-13,20-21,26H,9-10H2,1-2H3,(H,28,30)/t20-,21+;19-,20+;20-,21+/m000/s1. The Morgan fingerprint density at radius 1 is 0.426 bits per heavy atom. The average Bonchev–Trinajstić information content (AvgIpc) is 0.933. The van der Waals surface area contributed by atoms with Crippen LogP contribution in [0.1, 0.15) is 131 Å². The van der Waals surface area contributed by atoms with Crippen molar-refractivity contribution >= 4 is 167 Å². The second-order valence-corrected chi connectivity index (χ2v) is 30.4. The van der Waals surface area contributed by atoms with Gasteiger partial charge in [0, 0.05) is 85.7 Å². The van der Waals surface area contributed by atoms with Crippen molar-refractivity contribution in [2.45, 2.75) is 116 Å². The number of carbonyl (C=O) groups excluding carboxylic acids is 3. The van der Waals surface area contributed by atoms with Crippen LogP contribution in [0, 0.1) is 28.5 Å². The lowest BCUT2D eigenvalue weighted by Gasteiger charge is -2.33. The molecular formula is C72H68BrI3N12O6. The summed E-state index contributed by atoms with van der Waals surface area (Å²) in [5, 5.41) is 14.3. The minimum absolute atomic E-state index is 0.127. The molecule has 0 spiro atoms. The number of nitrogens with zero attached hydrogens (tertiary/aromatic N) is 6. The lowest BCUT2D eigenvalue weighted by molar-refractivity contribution is -0.127. The van der Waals surface area contributed by atoms with Crippen molar-refractivity contribution in [2.24, 2.45) is 17.8 Å². The summed E-state index contributed by atoms with van der Waals surface area (Å²) in [5.74, 6) is 2.60. The Kier molecular flexibility index (Phi) is 18.6. The smallest absolute Gasteiger partial charge is 0.262 e. The SMILES string of the molecule is CC(C)C[C@@H]1NC(=O)[C@@H](Cc2c[nH]c3ccccc23)n2c1nc1c(I)cc(I)cc1c2=O.CC(C)C[C@@H]1NC(=O)[C@@H](Cc2c[nH]c3ccccc23)n2c1nc1ccc(Br)cc1c2=O.CC(C)C[C@@H]1NC(=O)[C@@H](Cc2c[nH]c3ccccc23)n2c1nc1ccc(I)cc1c2=O. The molecular weight excluding hydrogens is 1590 g/mol. The first kappa shape index (κ1) is 65.1. The number of hydrogen-bond donors (Lipinski definition) is 6. The van der Waals surface area contributed by atoms with E-state index in [-0.39, 0.29) is 52.5 Å². The Labute approximate surface area is 589 Å². The first-order valence-corrected chi connectivity index (χ1v) is 35.6. The van der Waals surface area contributed by atoms with E-state index in [1.807, 2.05) is 134 Å². The fourth-order valence-electron chi connectivity index (χ4n) is 13.6. The van der Waals surface area contributed by atoms with Gasteiger partial charge in [-0.05, 0) is 188 Å². The van der Waals surface area contributed by atoms with Crippen LogP contribution in [-0.4, -0.2) is 61.3 Å². The molecule has 0 saturated heterocycles. The zero-order chi connectivity index (χ0) is 66.0. The van der Waals surface area contributed by atoms with Gasteiger partial charge in [0.15, 0.2) is 0 Å². The second-order valence-electron chi connectivity index (χ2n) is 25.9. The van der Waals surface area contributed by atoms with E-state index < -0.39 is 18.1 Å². The van der Waals surface area contributed by atoms with Gasteiger partial charge in [-0.15, -0.1) is 0 Å². The largest absolute Gasteiger partial charge is 0.361 e. The predicted molar refractivity (Wildman–Crippen MR) is 398 cm³/mol. The molecule has 0 saturated carbocycles. The van der Waals surface area contributed by atoms with Crippen LogP contribution in [-0.2, 0) is 33.6 Å². The fraction of sp³-hybridized carbons (Fsp3) is 0.292. The second kappa shape index (κ2) is 26.9. The summed E-state index contributed by atoms with van der Waals surface area (Å²) in [7, 11) is 0. The molecule has 6 atom stereocenters. The van der Waals surface area contributed by atoms with Crippen LogP contribution in [0.15, 0.2) is 159 Å². The summed E-state index contributed by atoms with van der Waals surface area (Å²) in [5.41, 5.74) is 7.65. The molecule has 6 aromatic heterocycles. The van der Waals surface area contributed by atoms with Gasteiger partial charge in [-0.1, -0.05) is 112 Å². The van der Waals surface area contributed by atoms with Crippen LogP contribution >= 0.6 is 83.7 Å². The highest BCUT2D eigenvalue weighted by molar-refractivity contribution is 14.1. The maximum absolute atomic E-state index is 13.8. The Bertz CT molecular complexity index is 4970. The Hall–Kier alpha value is -7.56. The van der Waals surface area contributed by atoms with Crippen LogP contribution < -0.4 is 32.6 Å². The third kappa shape index (κ3) is 12.8. The lowest BCUT2D eigenvalue weighted by Crippen LogP contribution is -2.48. The number of aromatic amines is 3. The van der Waals surface area contributed by atoms with Gasteiger partial charge >= 0.3 is 0 Å². The molecule has 480 valence electrons. The monoisotopic (exact) mass is 1660 g/mol. The van der Waals surface area contributed by atoms with E-state index in [1.165, 1.54) is 0 Å². The van der Waals surface area contributed by atoms with E-state index in [2.05, 4.69) is 156 Å². The first-order valence-electron chi connectivity index (χ1n) is 31.6. The third-order valence-corrected chi connectivity index (χ3v) is 20.5. The molecule has 9 heterocycles. The number of H-pyrrole nitrogens is 3. The number of nitrogens with one attached hydrogen (secondary N) is 6. The molecule has 94 heavy (non-hydrogen) atoms. The molecule has 18 nitrogen and oxygen atoms in total. The quantitative estimate of drug-likeness (QED) is 0.0637. The molecule has 0 bridgehead atoms. The van der Waals surface area contributed by atoms with Gasteiger partial charge in [-0.3, -0.25) is 42.5 Å². The number of rotatable bonds is 12. The van der Waals surface area contributed by atoms with Crippen molar-refractivity contribution in [2.75, 3.05) is 0 Å². The Morgan fingerprint density at radius 3 is 1.20 bits per heavy atom. The van der Waals surface area contributed by atoms with Crippen molar-refractivity contribution in [1.82, 2.24) is 59.6 Å². The van der Waals surface area contributed by atoms with Gasteiger partial charge in [0.1, 0.15) is 35.6 Å². The molecule has 3 aliphatic heterocycles. The van der Waals surface area contributed by atoms with Gasteiger partial charge in [-0.2, -0.15) is 0 Å². The molecule has 15 rings (SSSR count). The number of fused-ring (bicyclic) bond motifs is 9. The molecule has 6 N–H and O–H groups in total. The lowest BCUT2D eigenvalue weighted by atomic mass is 9.96. The highest BCUT2D eigenvalue weighted by atomic mass is 127. The molecule has 0 aliphatic carbocycles. The molecule has 0 unspecified atom stereocenters. The molecule has 6 aromatic carbocycles. The van der Waals surface area contributed by atoms with Crippen LogP contribution in [0.25, 0.3) is 65.4 Å². The van der Waals surface area contributed by atoms with Gasteiger partial charge in [0.2, 0.25) is 17.7 Å². The van der Waals surface area contributed by atoms with Gasteiger partial charge in [-0.25, -0.2) is 15.0 Å². The summed E-state index contributed by atoms with van der Waals surface area (Å²) < 4.78 is 8.63. The number of benzene rings is 6. The summed E-state index contributed by atoms with van der Waals surface area (Å²) in [4.78, 5) is 105. The maximum Gasteiger partial charge on any atom is 0.262 e. The first-order chi connectivity index (χ1) is 45.2. The number of aromatic nitrogens is 9. The van der Waals surface area contributed by atoms with E-state index in [9.17, 15) is 28.8 Å². The molecule has 3 aliphatic rings. The number of para-hydroxylation sites is 3. The van der Waals surface area contributed by atoms with E-state index in [1.54, 1.807) is 19.8 Å². The van der Waals surface area contributed by atoms with Crippen LogP contribution in [0.2, 0.25) is 0 Å². The molecule has 22 heteroatoms. The summed E-state index contributed by atoms with van der Waals surface area (Å²) in [6.45, 7) is 12.6. The number of amides is 3. The zero-order valence-corrected chi connectivity index (χ0v) is 60.4. The van der Waals surface area contributed by atoms with E-state index in [0.29, 0.717) is 87.2 Å². The third-order valence-electron chi connectivity index (χ3n) is 17.8. The van der Waals surface area contributed by atoms with Crippen LogP contribution in [0.3, 0.4) is 0 Å². The van der Waals surface area contributed by atoms with Gasteiger partial charge < -0.3 is 30.9 Å². The molecule has 12 aromatic rings. The molecule has 0 radical (unpaired) electrons. The van der Waals surface area contributed by atoms with E-state index in [4.69, 9.17) is 15.0 Å². The highest BCUT2D eigenvalue weighted by Gasteiger charge is 2.40. The van der Waals surface area contributed by atoms with Crippen molar-refractivity contribution in [3.8, 4) is 0 Å². The highest BCUT2D eigenvalue weighted by Crippen LogP contribution is 2.36. The minimum atomic E-state index is -0.652. The number of carbonyl (C=O) groups is 3. The van der Waals surface area contributed by atoms with Crippen molar-refractivity contribution in [1.29, 1.82) is 0 Å². The van der Waals surface area contributed by atoms with Gasteiger partial charge in [0.25, 0.3) is 16.7 Å². The molecule has 3 amide bonds. The van der Waals surface area contributed by atoms with Crippen LogP contribution in [0.5, 0.6) is 0 Å². The van der Waals surface area contributed by atoms with Crippen molar-refractivity contribution in [3.05, 3.63) is 220 Å².